The molecule has 0 spiro atoms. The molecule has 14 heavy (non-hydrogen) atoms. The summed E-state index contributed by atoms with van der Waals surface area (Å²) in [6, 6.07) is 7.21. The predicted molar refractivity (Wildman–Crippen MR) is 50.7 cm³/mol. The highest BCUT2D eigenvalue weighted by atomic mass is 19.1. The minimum atomic E-state index is -0.395. The van der Waals surface area contributed by atoms with Crippen molar-refractivity contribution in [2.75, 3.05) is 7.11 Å². The minimum absolute atomic E-state index is 0.314. The molecular weight excluding hydrogens is 185 g/mol. The Balaban J connectivity index is 2.91. The quantitative estimate of drug-likeness (QED) is 0.681. The summed E-state index contributed by atoms with van der Waals surface area (Å²) in [5.74, 6) is -0.395. The number of rotatable bonds is 1. The fourth-order valence-electron chi connectivity index (χ4n) is 1.37. The van der Waals surface area contributed by atoms with E-state index in [1.54, 1.807) is 12.1 Å². The molecule has 0 N–H and O–H groups in total. The Morgan fingerprint density at radius 2 is 2.00 bits per heavy atom. The van der Waals surface area contributed by atoms with E-state index in [1.807, 2.05) is 0 Å². The molecule has 0 aliphatic carbocycles. The summed E-state index contributed by atoms with van der Waals surface area (Å²) in [4.78, 5) is 16.1. The van der Waals surface area contributed by atoms with Crippen molar-refractivity contribution in [1.82, 2.24) is 4.73 Å². The van der Waals surface area contributed by atoms with Crippen LogP contribution in [-0.4, -0.2) is 11.8 Å². The lowest BCUT2D eigenvalue weighted by atomic mass is 10.2. The number of halogens is 1. The van der Waals surface area contributed by atoms with E-state index in [4.69, 9.17) is 4.84 Å². The number of benzene rings is 1. The van der Waals surface area contributed by atoms with Gasteiger partial charge in [0.25, 0.3) is 5.56 Å². The first-order valence-corrected chi connectivity index (χ1v) is 4.08. The number of pyridine rings is 1. The Morgan fingerprint density at radius 3 is 2.71 bits per heavy atom. The maximum Gasteiger partial charge on any atom is 0.283 e. The summed E-state index contributed by atoms with van der Waals surface area (Å²) in [5, 5.41) is 0.757. The third kappa shape index (κ3) is 1.25. The van der Waals surface area contributed by atoms with Gasteiger partial charge in [0.15, 0.2) is 0 Å². The monoisotopic (exact) mass is 193 g/mol. The second-order valence-corrected chi connectivity index (χ2v) is 2.85. The molecule has 0 aliphatic rings. The second-order valence-electron chi connectivity index (χ2n) is 2.85. The first-order chi connectivity index (χ1) is 6.72. The molecule has 0 radical (unpaired) electrons. The summed E-state index contributed by atoms with van der Waals surface area (Å²) in [5.41, 5.74) is 0.116. The molecular formula is C10H8FNO2. The topological polar surface area (TPSA) is 31.2 Å². The average molecular weight is 193 g/mol. The van der Waals surface area contributed by atoms with Crippen molar-refractivity contribution in [2.45, 2.75) is 0 Å². The summed E-state index contributed by atoms with van der Waals surface area (Å²) in [6.45, 7) is 0. The van der Waals surface area contributed by atoms with Gasteiger partial charge in [0, 0.05) is 17.5 Å². The summed E-state index contributed by atoms with van der Waals surface area (Å²) >= 11 is 0. The lowest BCUT2D eigenvalue weighted by Crippen LogP contribution is -2.23. The van der Waals surface area contributed by atoms with E-state index in [0.717, 1.165) is 10.1 Å². The highest BCUT2D eigenvalue weighted by Crippen LogP contribution is 2.12. The molecule has 2 rings (SSSR count). The summed E-state index contributed by atoms with van der Waals surface area (Å²) in [7, 11) is 1.37. The van der Waals surface area contributed by atoms with Crippen LogP contribution in [-0.2, 0) is 0 Å². The van der Waals surface area contributed by atoms with E-state index in [-0.39, 0.29) is 5.56 Å². The average Bonchev–Trinajstić information content (AvgIpc) is 2.17. The zero-order chi connectivity index (χ0) is 10.1. The number of aromatic nitrogens is 1. The maximum atomic E-state index is 12.9. The standard InChI is InChI=1S/C10H8FNO2/c1-14-12-9-6-8(11)4-2-7(9)3-5-10(12)13/h2-6H,1H3. The van der Waals surface area contributed by atoms with E-state index in [2.05, 4.69) is 0 Å². The third-order valence-electron chi connectivity index (χ3n) is 2.00. The van der Waals surface area contributed by atoms with E-state index in [1.165, 1.54) is 25.3 Å². The van der Waals surface area contributed by atoms with Gasteiger partial charge >= 0.3 is 0 Å². The van der Waals surface area contributed by atoms with Crippen molar-refractivity contribution in [1.29, 1.82) is 0 Å². The molecule has 72 valence electrons. The van der Waals surface area contributed by atoms with E-state index >= 15 is 0 Å². The molecule has 4 heteroatoms. The van der Waals surface area contributed by atoms with Crippen LogP contribution in [0.5, 0.6) is 0 Å². The fraction of sp³-hybridized carbons (Fsp3) is 0.100. The van der Waals surface area contributed by atoms with Crippen molar-refractivity contribution >= 4 is 10.9 Å². The van der Waals surface area contributed by atoms with Crippen molar-refractivity contribution < 1.29 is 9.23 Å². The van der Waals surface area contributed by atoms with Gasteiger partial charge in [-0.1, -0.05) is 0 Å². The van der Waals surface area contributed by atoms with Crippen molar-refractivity contribution in [3.8, 4) is 0 Å². The second kappa shape index (κ2) is 3.14. The Morgan fingerprint density at radius 1 is 1.29 bits per heavy atom. The van der Waals surface area contributed by atoms with Crippen LogP contribution in [0.1, 0.15) is 0 Å². The Hall–Kier alpha value is -1.84. The highest BCUT2D eigenvalue weighted by Gasteiger charge is 2.03. The molecule has 0 saturated carbocycles. The molecule has 0 aliphatic heterocycles. The lowest BCUT2D eigenvalue weighted by Gasteiger charge is -2.06. The van der Waals surface area contributed by atoms with Crippen molar-refractivity contribution in [2.24, 2.45) is 0 Å². The molecule has 3 nitrogen and oxygen atoms in total. The van der Waals surface area contributed by atoms with Crippen LogP contribution in [0.2, 0.25) is 0 Å². The molecule has 1 aromatic heterocycles. The molecule has 1 aromatic carbocycles. The molecule has 0 bridgehead atoms. The van der Waals surface area contributed by atoms with Gasteiger partial charge in [-0.3, -0.25) is 4.79 Å². The predicted octanol–water partition coefficient (Wildman–Crippen LogP) is 1.20. The first-order valence-electron chi connectivity index (χ1n) is 4.08. The Kier molecular flexibility index (Phi) is 1.96. The Labute approximate surface area is 79.3 Å². The van der Waals surface area contributed by atoms with Crippen LogP contribution >= 0.6 is 0 Å². The van der Waals surface area contributed by atoms with Gasteiger partial charge in [-0.2, -0.15) is 0 Å². The normalized spacial score (nSPS) is 10.4. The lowest BCUT2D eigenvalue weighted by molar-refractivity contribution is 0.169. The minimum Gasteiger partial charge on any atom is -0.413 e. The van der Waals surface area contributed by atoms with Crippen molar-refractivity contribution in [3.05, 3.63) is 46.5 Å². The number of fused-ring (bicyclic) bond motifs is 1. The molecule has 0 fully saturated rings. The Bertz CT molecular complexity index is 533. The SMILES string of the molecule is COn1c(=O)ccc2ccc(F)cc21. The van der Waals surface area contributed by atoms with Gasteiger partial charge in [-0.15, -0.1) is 4.73 Å². The third-order valence-corrected chi connectivity index (χ3v) is 2.00. The first kappa shape index (κ1) is 8.74. The number of hydrogen-bond donors (Lipinski definition) is 0. The van der Waals surface area contributed by atoms with Crippen molar-refractivity contribution in [3.63, 3.8) is 0 Å². The summed E-state index contributed by atoms with van der Waals surface area (Å²) in [6.07, 6.45) is 0. The number of hydrogen-bond acceptors (Lipinski definition) is 2. The number of nitrogens with zero attached hydrogens (tertiary/aromatic N) is 1. The molecule has 1 heterocycles. The zero-order valence-corrected chi connectivity index (χ0v) is 7.53. The van der Waals surface area contributed by atoms with E-state index in [0.29, 0.717) is 5.52 Å². The largest absolute Gasteiger partial charge is 0.413 e. The fourth-order valence-corrected chi connectivity index (χ4v) is 1.37. The van der Waals surface area contributed by atoms with Gasteiger partial charge in [-0.05, 0) is 18.2 Å². The summed E-state index contributed by atoms with van der Waals surface area (Å²) < 4.78 is 14.0. The maximum absolute atomic E-state index is 12.9. The van der Waals surface area contributed by atoms with Gasteiger partial charge in [0.05, 0.1) is 5.52 Å². The zero-order valence-electron chi connectivity index (χ0n) is 7.53. The van der Waals surface area contributed by atoms with E-state index < -0.39 is 5.82 Å². The molecule has 2 aromatic rings. The van der Waals surface area contributed by atoms with Crippen LogP contribution in [0.3, 0.4) is 0 Å². The smallest absolute Gasteiger partial charge is 0.283 e. The van der Waals surface area contributed by atoms with Crippen LogP contribution in [0.15, 0.2) is 35.1 Å². The molecule has 0 atom stereocenters. The van der Waals surface area contributed by atoms with Gasteiger partial charge in [0.2, 0.25) is 0 Å². The molecule has 0 unspecified atom stereocenters. The molecule has 0 saturated heterocycles. The van der Waals surface area contributed by atoms with E-state index in [9.17, 15) is 9.18 Å². The van der Waals surface area contributed by atoms with Crippen LogP contribution in [0, 0.1) is 5.82 Å². The highest BCUT2D eigenvalue weighted by molar-refractivity contribution is 5.78. The van der Waals surface area contributed by atoms with Crippen LogP contribution < -0.4 is 10.4 Å². The van der Waals surface area contributed by atoms with Gasteiger partial charge in [0.1, 0.15) is 12.9 Å². The van der Waals surface area contributed by atoms with Gasteiger partial charge < -0.3 is 4.84 Å². The molecule has 0 amide bonds. The van der Waals surface area contributed by atoms with Crippen LogP contribution in [0.4, 0.5) is 4.39 Å². The van der Waals surface area contributed by atoms with Gasteiger partial charge in [-0.25, -0.2) is 4.39 Å². The van der Waals surface area contributed by atoms with Crippen LogP contribution in [0.25, 0.3) is 10.9 Å².